The van der Waals surface area contributed by atoms with Gasteiger partial charge in [-0.25, -0.2) is 0 Å². The molecule has 2 aliphatic rings. The van der Waals surface area contributed by atoms with Crippen LogP contribution in [0, 0.1) is 0 Å². The third kappa shape index (κ3) is 5.44. The van der Waals surface area contributed by atoms with Crippen molar-refractivity contribution in [2.24, 2.45) is 0 Å². The van der Waals surface area contributed by atoms with Crippen molar-refractivity contribution in [1.82, 2.24) is 9.80 Å². The van der Waals surface area contributed by atoms with Crippen LogP contribution >= 0.6 is 0 Å². The number of aliphatic hydroxyl groups is 1. The number of carbonyl (C=O) groups excluding carboxylic acids is 2. The fraction of sp³-hybridized carbons (Fsp3) is 0.448. The highest BCUT2D eigenvalue weighted by molar-refractivity contribution is 6.46. The molecule has 2 atom stereocenters. The van der Waals surface area contributed by atoms with Gasteiger partial charge in [-0.3, -0.25) is 9.59 Å². The molecule has 2 aromatic carbocycles. The maximum Gasteiger partial charge on any atom is 0.295 e. The molecule has 198 valence electrons. The molecule has 0 saturated carbocycles. The molecule has 2 aliphatic heterocycles. The Morgan fingerprint density at radius 3 is 2.59 bits per heavy atom. The summed E-state index contributed by atoms with van der Waals surface area (Å²) in [5.41, 5.74) is 2.19. The quantitative estimate of drug-likeness (QED) is 0.293. The fourth-order valence-corrected chi connectivity index (χ4v) is 4.78. The number of fused-ring (bicyclic) bond motifs is 1. The van der Waals surface area contributed by atoms with Crippen LogP contribution in [0.1, 0.15) is 49.9 Å². The molecule has 0 aromatic heterocycles. The van der Waals surface area contributed by atoms with Gasteiger partial charge in [0.15, 0.2) is 11.5 Å². The zero-order valence-electron chi connectivity index (χ0n) is 22.2. The number of amides is 1. The van der Waals surface area contributed by atoms with Crippen molar-refractivity contribution in [3.63, 3.8) is 0 Å². The largest absolute Gasteiger partial charge is 0.507 e. The summed E-state index contributed by atoms with van der Waals surface area (Å²) < 4.78 is 17.5. The van der Waals surface area contributed by atoms with Gasteiger partial charge >= 0.3 is 0 Å². The number of benzene rings is 2. The zero-order valence-corrected chi connectivity index (χ0v) is 22.2. The summed E-state index contributed by atoms with van der Waals surface area (Å²) in [6, 6.07) is 10.0. The number of ketones is 1. The first-order valence-corrected chi connectivity index (χ1v) is 12.9. The van der Waals surface area contributed by atoms with Gasteiger partial charge in [-0.05, 0) is 75.8 Å². The van der Waals surface area contributed by atoms with Crippen molar-refractivity contribution < 1.29 is 28.9 Å². The third-order valence-electron chi connectivity index (χ3n) is 6.54. The summed E-state index contributed by atoms with van der Waals surface area (Å²) in [5.74, 6) is 0.394. The molecule has 1 N–H and O–H groups in total. The summed E-state index contributed by atoms with van der Waals surface area (Å²) in [4.78, 5) is 30.1. The number of Topliss-reactive ketones (excluding diaryl/α,β-unsaturated/α-hetero) is 1. The summed E-state index contributed by atoms with van der Waals surface area (Å²) in [5, 5.41) is 11.4. The van der Waals surface area contributed by atoms with Crippen LogP contribution in [-0.2, 0) is 16.0 Å². The Labute approximate surface area is 218 Å². The van der Waals surface area contributed by atoms with Crippen LogP contribution in [0.4, 0.5) is 0 Å². The third-order valence-corrected chi connectivity index (χ3v) is 6.54. The Hall–Kier alpha value is -3.52. The van der Waals surface area contributed by atoms with Gasteiger partial charge in [0.25, 0.3) is 11.7 Å². The lowest BCUT2D eigenvalue weighted by atomic mass is 9.94. The summed E-state index contributed by atoms with van der Waals surface area (Å²) >= 11 is 0. The number of nitrogens with zero attached hydrogens (tertiary/aromatic N) is 2. The van der Waals surface area contributed by atoms with Crippen molar-refractivity contribution in [3.05, 3.63) is 58.7 Å². The minimum absolute atomic E-state index is 0.0504. The van der Waals surface area contributed by atoms with Gasteiger partial charge in [-0.15, -0.1) is 0 Å². The minimum Gasteiger partial charge on any atom is -0.507 e. The summed E-state index contributed by atoms with van der Waals surface area (Å²) in [6.07, 6.45) is 1.62. The molecular formula is C29H36N2O6. The average molecular weight is 509 g/mol. The molecule has 2 aromatic rings. The first-order valence-electron chi connectivity index (χ1n) is 12.9. The van der Waals surface area contributed by atoms with E-state index in [0.717, 1.165) is 17.7 Å². The minimum atomic E-state index is -0.761. The predicted octanol–water partition coefficient (Wildman–Crippen LogP) is 4.18. The molecule has 0 aliphatic carbocycles. The van der Waals surface area contributed by atoms with E-state index >= 15 is 0 Å². The van der Waals surface area contributed by atoms with Gasteiger partial charge in [-0.1, -0.05) is 13.0 Å². The van der Waals surface area contributed by atoms with Crippen LogP contribution < -0.4 is 14.2 Å². The monoisotopic (exact) mass is 508 g/mol. The van der Waals surface area contributed by atoms with Gasteiger partial charge in [0, 0.05) is 25.1 Å². The van der Waals surface area contributed by atoms with Crippen LogP contribution in [-0.4, -0.2) is 73.1 Å². The van der Waals surface area contributed by atoms with E-state index < -0.39 is 17.7 Å². The standard InChI is InChI=1S/C29H36N2O6/c1-6-14-36-23-11-8-19(17-24(23)35-7-2)26-25(28(33)29(34)31(26)13-12-30(4)5)27(32)20-9-10-22-21(16-20)15-18(3)37-22/h8-11,16-18,26,32H,6-7,12-15H2,1-5H3/t18-,26-/m0/s1. The molecule has 0 bridgehead atoms. The predicted molar refractivity (Wildman–Crippen MR) is 141 cm³/mol. The number of likely N-dealkylation sites (tertiary alicyclic amines) is 1. The molecular weight excluding hydrogens is 472 g/mol. The normalized spacial score (nSPS) is 20.3. The summed E-state index contributed by atoms with van der Waals surface area (Å²) in [7, 11) is 3.82. The SMILES string of the molecule is CCCOc1ccc([C@H]2C(=C(O)c3ccc4c(c3)C[C@H](C)O4)C(=O)C(=O)N2CCN(C)C)cc1OCC. The Morgan fingerprint density at radius 1 is 1.11 bits per heavy atom. The number of hydrogen-bond acceptors (Lipinski definition) is 7. The molecule has 0 radical (unpaired) electrons. The molecule has 8 heteroatoms. The first kappa shape index (κ1) is 26.5. The Kier molecular flexibility index (Phi) is 8.07. The Morgan fingerprint density at radius 2 is 1.89 bits per heavy atom. The van der Waals surface area contributed by atoms with E-state index in [1.165, 1.54) is 4.90 Å². The van der Waals surface area contributed by atoms with E-state index in [2.05, 4.69) is 0 Å². The van der Waals surface area contributed by atoms with Crippen LogP contribution in [0.3, 0.4) is 0 Å². The van der Waals surface area contributed by atoms with Crippen molar-refractivity contribution >= 4 is 17.4 Å². The van der Waals surface area contributed by atoms with E-state index in [1.807, 2.05) is 51.9 Å². The molecule has 8 nitrogen and oxygen atoms in total. The molecule has 1 fully saturated rings. The van der Waals surface area contributed by atoms with E-state index in [4.69, 9.17) is 14.2 Å². The van der Waals surface area contributed by atoms with Crippen molar-refractivity contribution in [2.75, 3.05) is 40.4 Å². The van der Waals surface area contributed by atoms with E-state index in [9.17, 15) is 14.7 Å². The molecule has 0 spiro atoms. The number of ether oxygens (including phenoxy) is 3. The van der Waals surface area contributed by atoms with E-state index in [1.54, 1.807) is 24.3 Å². The Balaban J connectivity index is 1.82. The summed E-state index contributed by atoms with van der Waals surface area (Å²) in [6.45, 7) is 7.76. The Bertz CT molecular complexity index is 1200. The lowest BCUT2D eigenvalue weighted by molar-refractivity contribution is -0.140. The highest BCUT2D eigenvalue weighted by atomic mass is 16.5. The smallest absolute Gasteiger partial charge is 0.295 e. The second kappa shape index (κ2) is 11.3. The topological polar surface area (TPSA) is 88.5 Å². The van der Waals surface area contributed by atoms with Gasteiger partial charge in [0.2, 0.25) is 0 Å². The number of hydrogen-bond donors (Lipinski definition) is 1. The van der Waals surface area contributed by atoms with Crippen LogP contribution in [0.2, 0.25) is 0 Å². The highest BCUT2D eigenvalue weighted by Gasteiger charge is 2.46. The molecule has 4 rings (SSSR count). The van der Waals surface area contributed by atoms with Gasteiger partial charge in [0.05, 0.1) is 24.8 Å². The van der Waals surface area contributed by atoms with Gasteiger partial charge in [-0.2, -0.15) is 0 Å². The maximum atomic E-state index is 13.4. The van der Waals surface area contributed by atoms with E-state index in [0.29, 0.717) is 55.4 Å². The van der Waals surface area contributed by atoms with Crippen LogP contribution in [0.15, 0.2) is 42.0 Å². The number of carbonyl (C=O) groups is 2. The van der Waals surface area contributed by atoms with Gasteiger partial charge in [0.1, 0.15) is 17.6 Å². The highest BCUT2D eigenvalue weighted by Crippen LogP contribution is 2.42. The lowest BCUT2D eigenvalue weighted by Gasteiger charge is -2.27. The second-order valence-electron chi connectivity index (χ2n) is 9.74. The molecule has 37 heavy (non-hydrogen) atoms. The van der Waals surface area contributed by atoms with E-state index in [-0.39, 0.29) is 17.4 Å². The fourth-order valence-electron chi connectivity index (χ4n) is 4.78. The van der Waals surface area contributed by atoms with Crippen molar-refractivity contribution in [1.29, 1.82) is 0 Å². The molecule has 0 unspecified atom stereocenters. The number of aliphatic hydroxyl groups excluding tert-OH is 1. The lowest BCUT2D eigenvalue weighted by Crippen LogP contribution is -2.35. The molecule has 1 saturated heterocycles. The van der Waals surface area contributed by atoms with Crippen molar-refractivity contribution in [2.45, 2.75) is 45.8 Å². The average Bonchev–Trinajstić information content (AvgIpc) is 3.36. The van der Waals surface area contributed by atoms with Crippen molar-refractivity contribution in [3.8, 4) is 17.2 Å². The van der Waals surface area contributed by atoms with Crippen LogP contribution in [0.5, 0.6) is 17.2 Å². The number of rotatable bonds is 10. The first-order chi connectivity index (χ1) is 17.7. The van der Waals surface area contributed by atoms with Crippen LogP contribution in [0.25, 0.3) is 5.76 Å². The second-order valence-corrected chi connectivity index (χ2v) is 9.74. The zero-order chi connectivity index (χ0) is 26.7. The number of likely N-dealkylation sites (N-methyl/N-ethyl adjacent to an activating group) is 1. The maximum absolute atomic E-state index is 13.4. The molecule has 1 amide bonds. The molecule has 2 heterocycles. The van der Waals surface area contributed by atoms with Gasteiger partial charge < -0.3 is 29.1 Å².